The maximum Gasteiger partial charge on any atom is 0.234 e. The minimum atomic E-state index is -0.0589. The van der Waals surface area contributed by atoms with Gasteiger partial charge in [-0.3, -0.25) is 4.79 Å². The zero-order chi connectivity index (χ0) is 22.5. The first-order chi connectivity index (χ1) is 14.8. The van der Waals surface area contributed by atoms with Gasteiger partial charge >= 0.3 is 0 Å². The Hall–Kier alpha value is -2.07. The first-order valence-electron chi connectivity index (χ1n) is 10.1. The number of rotatable bonds is 8. The number of anilines is 1. The average Bonchev–Trinajstić information content (AvgIpc) is 3.10. The maximum atomic E-state index is 12.6. The van der Waals surface area contributed by atoms with Crippen molar-refractivity contribution in [1.29, 1.82) is 0 Å². The monoisotopic (exact) mass is 550 g/mol. The molecule has 0 fully saturated rings. The molecule has 1 N–H and O–H groups in total. The van der Waals surface area contributed by atoms with Crippen molar-refractivity contribution in [2.75, 3.05) is 11.1 Å². The summed E-state index contributed by atoms with van der Waals surface area (Å²) >= 11 is 3.67. The van der Waals surface area contributed by atoms with Gasteiger partial charge in [-0.2, -0.15) is 0 Å². The van der Waals surface area contributed by atoms with Crippen LogP contribution in [-0.4, -0.2) is 26.4 Å². The fraction of sp³-hybridized carbons (Fsp3) is 0.348. The molecule has 164 valence electrons. The predicted octanol–water partition coefficient (Wildman–Crippen LogP) is 5.45. The molecule has 31 heavy (non-hydrogen) atoms. The molecule has 1 aromatic heterocycles. The lowest BCUT2D eigenvalue weighted by Crippen LogP contribution is -2.16. The Morgan fingerprint density at radius 3 is 2.35 bits per heavy atom. The van der Waals surface area contributed by atoms with Crippen LogP contribution in [0.1, 0.15) is 35.0 Å². The Bertz CT molecular complexity index is 1050. The van der Waals surface area contributed by atoms with Gasteiger partial charge in [0.2, 0.25) is 5.91 Å². The van der Waals surface area contributed by atoms with Crippen LogP contribution in [-0.2, 0) is 17.9 Å². The molecule has 0 saturated heterocycles. The molecule has 6 nitrogen and oxygen atoms in total. The lowest BCUT2D eigenvalue weighted by atomic mass is 10.1. The van der Waals surface area contributed by atoms with E-state index in [-0.39, 0.29) is 11.7 Å². The molecule has 8 heteroatoms. The van der Waals surface area contributed by atoms with Gasteiger partial charge in [0, 0.05) is 15.8 Å². The summed E-state index contributed by atoms with van der Waals surface area (Å²) in [4.78, 5) is 12.6. The molecule has 2 aromatic carbocycles. The summed E-state index contributed by atoms with van der Waals surface area (Å²) in [7, 11) is 0. The highest BCUT2D eigenvalue weighted by molar-refractivity contribution is 14.1. The number of carbonyl (C=O) groups excluding carboxylic acids is 1. The largest absolute Gasteiger partial charge is 0.485 e. The van der Waals surface area contributed by atoms with Crippen LogP contribution in [0.5, 0.6) is 5.75 Å². The normalized spacial score (nSPS) is 10.9. The summed E-state index contributed by atoms with van der Waals surface area (Å²) in [6.45, 7) is 11.2. The van der Waals surface area contributed by atoms with E-state index in [1.165, 1.54) is 11.8 Å². The van der Waals surface area contributed by atoms with Crippen molar-refractivity contribution < 1.29 is 9.53 Å². The van der Waals surface area contributed by atoms with Crippen LogP contribution in [0.25, 0.3) is 0 Å². The van der Waals surface area contributed by atoms with Gasteiger partial charge in [0.25, 0.3) is 0 Å². The molecule has 0 bridgehead atoms. The Kier molecular flexibility index (Phi) is 7.99. The summed E-state index contributed by atoms with van der Waals surface area (Å²) < 4.78 is 9.19. The quantitative estimate of drug-likeness (QED) is 0.299. The maximum absolute atomic E-state index is 12.6. The first-order valence-corrected chi connectivity index (χ1v) is 12.2. The van der Waals surface area contributed by atoms with Crippen LogP contribution >= 0.6 is 34.4 Å². The van der Waals surface area contributed by atoms with Gasteiger partial charge in [-0.25, -0.2) is 0 Å². The molecular formula is C23H27IN4O2S. The van der Waals surface area contributed by atoms with E-state index in [2.05, 4.69) is 50.2 Å². The SMILES string of the molecule is CCn1c(COc2c(C)cccc2C)nnc1SCC(=O)Nc1c(C)cc(I)cc1C. The van der Waals surface area contributed by atoms with Crippen molar-refractivity contribution in [2.24, 2.45) is 0 Å². The van der Waals surface area contributed by atoms with Crippen LogP contribution in [0.4, 0.5) is 5.69 Å². The fourth-order valence-electron chi connectivity index (χ4n) is 3.43. The van der Waals surface area contributed by atoms with Gasteiger partial charge in [0.1, 0.15) is 12.4 Å². The second-order valence-corrected chi connectivity index (χ2v) is 9.59. The summed E-state index contributed by atoms with van der Waals surface area (Å²) in [6.07, 6.45) is 0. The number of thioether (sulfide) groups is 1. The van der Waals surface area contributed by atoms with Gasteiger partial charge in [-0.1, -0.05) is 30.0 Å². The minimum absolute atomic E-state index is 0.0589. The average molecular weight is 550 g/mol. The fourth-order valence-corrected chi connectivity index (χ4v) is 5.18. The molecule has 0 radical (unpaired) electrons. The number of nitrogens with one attached hydrogen (secondary N) is 1. The van der Waals surface area contributed by atoms with E-state index in [9.17, 15) is 4.79 Å². The van der Waals surface area contributed by atoms with Crippen molar-refractivity contribution in [3.8, 4) is 5.75 Å². The van der Waals surface area contributed by atoms with E-state index >= 15 is 0 Å². The molecule has 3 rings (SSSR count). The summed E-state index contributed by atoms with van der Waals surface area (Å²) in [5.74, 6) is 1.83. The molecule has 3 aromatic rings. The predicted molar refractivity (Wildman–Crippen MR) is 134 cm³/mol. The van der Waals surface area contributed by atoms with Crippen LogP contribution in [0.2, 0.25) is 0 Å². The standard InChI is InChI=1S/C23H27IN4O2S/c1-6-28-19(12-30-22-14(2)8-7-9-15(22)3)26-27-23(28)31-13-20(29)25-21-16(4)10-18(24)11-17(21)5/h7-11H,6,12-13H2,1-5H3,(H,25,29). The first kappa shape index (κ1) is 23.6. The third kappa shape index (κ3) is 5.79. The van der Waals surface area contributed by atoms with E-state index in [0.29, 0.717) is 18.3 Å². The molecule has 0 aliphatic heterocycles. The zero-order valence-electron chi connectivity index (χ0n) is 18.5. The van der Waals surface area contributed by atoms with Gasteiger partial charge in [-0.05, 0) is 91.6 Å². The van der Waals surface area contributed by atoms with E-state index in [1.54, 1.807) is 0 Å². The van der Waals surface area contributed by atoms with E-state index in [1.807, 2.05) is 57.4 Å². The molecular weight excluding hydrogens is 523 g/mol. The number of hydrogen-bond donors (Lipinski definition) is 1. The number of hydrogen-bond acceptors (Lipinski definition) is 5. The smallest absolute Gasteiger partial charge is 0.234 e. The minimum Gasteiger partial charge on any atom is -0.485 e. The molecule has 1 amide bonds. The highest BCUT2D eigenvalue weighted by atomic mass is 127. The number of aromatic nitrogens is 3. The zero-order valence-corrected chi connectivity index (χ0v) is 21.4. The summed E-state index contributed by atoms with van der Waals surface area (Å²) in [5.41, 5.74) is 5.19. The number of carbonyl (C=O) groups is 1. The second kappa shape index (κ2) is 10.5. The number of benzene rings is 2. The molecule has 1 heterocycles. The second-order valence-electron chi connectivity index (χ2n) is 7.40. The van der Waals surface area contributed by atoms with Crippen LogP contribution < -0.4 is 10.1 Å². The number of nitrogens with zero attached hydrogens (tertiary/aromatic N) is 3. The molecule has 0 aliphatic carbocycles. The van der Waals surface area contributed by atoms with Gasteiger partial charge in [-0.15, -0.1) is 10.2 Å². The number of amides is 1. The molecule has 0 saturated carbocycles. The summed E-state index contributed by atoms with van der Waals surface area (Å²) in [5, 5.41) is 12.3. The van der Waals surface area contributed by atoms with Gasteiger partial charge in [0.15, 0.2) is 11.0 Å². The molecule has 0 aliphatic rings. The molecule has 0 atom stereocenters. The van der Waals surface area contributed by atoms with Crippen molar-refractivity contribution in [3.63, 3.8) is 0 Å². The van der Waals surface area contributed by atoms with Gasteiger partial charge in [0.05, 0.1) is 5.75 Å². The van der Waals surface area contributed by atoms with Crippen LogP contribution in [0.3, 0.4) is 0 Å². The lowest BCUT2D eigenvalue weighted by Gasteiger charge is -2.13. The van der Waals surface area contributed by atoms with Crippen molar-refractivity contribution in [2.45, 2.75) is 52.9 Å². The highest BCUT2D eigenvalue weighted by Crippen LogP contribution is 2.26. The molecule has 0 unspecified atom stereocenters. The number of para-hydroxylation sites is 1. The van der Waals surface area contributed by atoms with E-state index in [4.69, 9.17) is 4.74 Å². The summed E-state index contributed by atoms with van der Waals surface area (Å²) in [6, 6.07) is 10.2. The Labute approximate surface area is 201 Å². The number of aryl methyl sites for hydroxylation is 4. The Morgan fingerprint density at radius 1 is 1.10 bits per heavy atom. The lowest BCUT2D eigenvalue weighted by molar-refractivity contribution is -0.113. The van der Waals surface area contributed by atoms with Crippen LogP contribution in [0, 0.1) is 31.3 Å². The van der Waals surface area contributed by atoms with Crippen molar-refractivity contribution in [3.05, 3.63) is 62.0 Å². The van der Waals surface area contributed by atoms with Crippen molar-refractivity contribution in [1.82, 2.24) is 14.8 Å². The highest BCUT2D eigenvalue weighted by Gasteiger charge is 2.15. The number of ether oxygens (including phenoxy) is 1. The van der Waals surface area contributed by atoms with E-state index in [0.717, 1.165) is 43.1 Å². The third-order valence-electron chi connectivity index (χ3n) is 4.96. The Morgan fingerprint density at radius 2 is 1.74 bits per heavy atom. The van der Waals surface area contributed by atoms with E-state index < -0.39 is 0 Å². The number of halogens is 1. The topological polar surface area (TPSA) is 69.0 Å². The van der Waals surface area contributed by atoms with Crippen molar-refractivity contribution >= 4 is 45.9 Å². The Balaban J connectivity index is 1.64. The van der Waals surface area contributed by atoms with Gasteiger partial charge < -0.3 is 14.6 Å². The third-order valence-corrected chi connectivity index (χ3v) is 6.55. The molecule has 0 spiro atoms. The van der Waals surface area contributed by atoms with Crippen LogP contribution in [0.15, 0.2) is 35.5 Å².